The predicted molar refractivity (Wildman–Crippen MR) is 121 cm³/mol. The van der Waals surface area contributed by atoms with E-state index in [2.05, 4.69) is 10.3 Å². The number of aromatic nitrogens is 1. The molecule has 0 aliphatic carbocycles. The summed E-state index contributed by atoms with van der Waals surface area (Å²) in [6.07, 6.45) is 0. The maximum Gasteiger partial charge on any atom is 0.340 e. The number of aryl methyl sites for hydroxylation is 1. The van der Waals surface area contributed by atoms with Crippen molar-refractivity contribution in [3.63, 3.8) is 0 Å². The highest BCUT2D eigenvalue weighted by Gasteiger charge is 2.21. The Hall–Kier alpha value is -3.84. The van der Waals surface area contributed by atoms with E-state index in [-0.39, 0.29) is 28.2 Å². The van der Waals surface area contributed by atoms with Crippen LogP contribution in [0.3, 0.4) is 0 Å². The van der Waals surface area contributed by atoms with Crippen LogP contribution < -0.4 is 5.32 Å². The van der Waals surface area contributed by atoms with Crippen LogP contribution in [0.2, 0.25) is 0 Å². The molecule has 13 heteroatoms. The summed E-state index contributed by atoms with van der Waals surface area (Å²) >= 11 is 2.50. The maximum atomic E-state index is 12.7. The van der Waals surface area contributed by atoms with Gasteiger partial charge < -0.3 is 10.1 Å². The minimum absolute atomic E-state index is 0.0821. The molecule has 0 saturated heterocycles. The van der Waals surface area contributed by atoms with Gasteiger partial charge in [-0.25, -0.2) is 9.78 Å². The molecular formula is C20H16N4O7S2. The van der Waals surface area contributed by atoms with E-state index in [1.54, 1.807) is 0 Å². The lowest BCUT2D eigenvalue weighted by atomic mass is 10.1. The molecule has 1 amide bonds. The standard InChI is InChI=1S/C20H16N4O7S2/c1-11-10-32-20(21-11)33-17-7-6-13(23(27)28)8-14(17)19(26)31-9-18(25)22-15-4-3-5-16(12(15)2)24(29)30/h3-8,10H,9H2,1-2H3,(H,22,25). The van der Waals surface area contributed by atoms with E-state index in [0.717, 1.165) is 23.5 Å². The average Bonchev–Trinajstić information content (AvgIpc) is 3.18. The molecule has 0 unspecified atom stereocenters. The number of hydrogen-bond acceptors (Lipinski definition) is 10. The van der Waals surface area contributed by atoms with Gasteiger partial charge in [-0.05, 0) is 26.0 Å². The summed E-state index contributed by atoms with van der Waals surface area (Å²) in [5, 5.41) is 26.5. The van der Waals surface area contributed by atoms with E-state index in [1.807, 2.05) is 12.3 Å². The van der Waals surface area contributed by atoms with Gasteiger partial charge in [0.2, 0.25) is 0 Å². The Morgan fingerprint density at radius 2 is 1.91 bits per heavy atom. The number of carbonyl (C=O) groups is 2. The van der Waals surface area contributed by atoms with Crippen molar-refractivity contribution in [2.24, 2.45) is 0 Å². The highest BCUT2D eigenvalue weighted by Crippen LogP contribution is 2.34. The number of non-ortho nitro benzene ring substituents is 1. The summed E-state index contributed by atoms with van der Waals surface area (Å²) in [6.45, 7) is 2.60. The number of nitro benzene ring substituents is 2. The minimum atomic E-state index is -0.930. The van der Waals surface area contributed by atoms with Crippen molar-refractivity contribution < 1.29 is 24.2 Å². The largest absolute Gasteiger partial charge is 0.452 e. The molecule has 0 aliphatic rings. The molecule has 1 aromatic heterocycles. The summed E-state index contributed by atoms with van der Waals surface area (Å²) in [5.74, 6) is -1.65. The van der Waals surface area contributed by atoms with Gasteiger partial charge in [0, 0.05) is 34.2 Å². The van der Waals surface area contributed by atoms with E-state index < -0.39 is 28.3 Å². The predicted octanol–water partition coefficient (Wildman–Crippen LogP) is 4.52. The fraction of sp³-hybridized carbons (Fsp3) is 0.150. The molecule has 0 saturated carbocycles. The lowest BCUT2D eigenvalue weighted by Crippen LogP contribution is -2.21. The number of hydrogen-bond donors (Lipinski definition) is 1. The van der Waals surface area contributed by atoms with Crippen molar-refractivity contribution >= 4 is 52.0 Å². The molecule has 170 valence electrons. The quantitative estimate of drug-likeness (QED) is 0.274. The number of nitrogens with one attached hydrogen (secondary N) is 1. The minimum Gasteiger partial charge on any atom is -0.452 e. The summed E-state index contributed by atoms with van der Waals surface area (Å²) < 4.78 is 5.69. The number of carbonyl (C=O) groups excluding carboxylic acids is 2. The monoisotopic (exact) mass is 488 g/mol. The van der Waals surface area contributed by atoms with Crippen LogP contribution >= 0.6 is 23.1 Å². The molecule has 11 nitrogen and oxygen atoms in total. The number of benzene rings is 2. The van der Waals surface area contributed by atoms with Gasteiger partial charge in [0.25, 0.3) is 17.3 Å². The number of anilines is 1. The van der Waals surface area contributed by atoms with Crippen molar-refractivity contribution in [1.82, 2.24) is 4.98 Å². The van der Waals surface area contributed by atoms with Crippen molar-refractivity contribution in [2.75, 3.05) is 11.9 Å². The zero-order valence-electron chi connectivity index (χ0n) is 17.3. The van der Waals surface area contributed by atoms with Crippen LogP contribution in [0.4, 0.5) is 17.1 Å². The molecule has 3 rings (SSSR count). The van der Waals surface area contributed by atoms with Crippen molar-refractivity contribution in [3.8, 4) is 0 Å². The average molecular weight is 489 g/mol. The third kappa shape index (κ3) is 5.90. The number of esters is 1. The molecule has 0 radical (unpaired) electrons. The zero-order valence-corrected chi connectivity index (χ0v) is 18.9. The number of nitrogens with zero attached hydrogens (tertiary/aromatic N) is 3. The number of amides is 1. The first kappa shape index (κ1) is 23.8. The molecule has 1 N–H and O–H groups in total. The molecule has 0 aliphatic heterocycles. The second kappa shape index (κ2) is 10.2. The van der Waals surface area contributed by atoms with E-state index >= 15 is 0 Å². The Labute approximate surface area is 195 Å². The zero-order chi connectivity index (χ0) is 24.1. The first-order valence-corrected chi connectivity index (χ1v) is 10.9. The van der Waals surface area contributed by atoms with Gasteiger partial charge in [0.15, 0.2) is 10.9 Å². The number of rotatable bonds is 8. The SMILES string of the molecule is Cc1csc(Sc2ccc([N+](=O)[O-])cc2C(=O)OCC(=O)Nc2cccc([N+](=O)[O-])c2C)n1. The molecule has 2 aromatic carbocycles. The van der Waals surface area contributed by atoms with Crippen LogP contribution in [0.5, 0.6) is 0 Å². The lowest BCUT2D eigenvalue weighted by molar-refractivity contribution is -0.385. The number of nitro groups is 2. The summed E-state index contributed by atoms with van der Waals surface area (Å²) in [7, 11) is 0. The van der Waals surface area contributed by atoms with Gasteiger partial charge in [-0.15, -0.1) is 11.3 Å². The van der Waals surface area contributed by atoms with Gasteiger partial charge in [-0.2, -0.15) is 0 Å². The molecule has 33 heavy (non-hydrogen) atoms. The van der Waals surface area contributed by atoms with Gasteiger partial charge in [0.1, 0.15) is 0 Å². The van der Waals surface area contributed by atoms with E-state index in [4.69, 9.17) is 4.74 Å². The van der Waals surface area contributed by atoms with Crippen molar-refractivity contribution in [3.05, 3.63) is 78.8 Å². The smallest absolute Gasteiger partial charge is 0.340 e. The molecular weight excluding hydrogens is 472 g/mol. The Morgan fingerprint density at radius 1 is 1.15 bits per heavy atom. The molecule has 0 fully saturated rings. The van der Waals surface area contributed by atoms with E-state index in [0.29, 0.717) is 9.24 Å². The van der Waals surface area contributed by atoms with Gasteiger partial charge in [-0.3, -0.25) is 25.0 Å². The normalized spacial score (nSPS) is 10.5. The van der Waals surface area contributed by atoms with Gasteiger partial charge in [-0.1, -0.05) is 17.8 Å². The van der Waals surface area contributed by atoms with Gasteiger partial charge in [0.05, 0.1) is 26.7 Å². The second-order valence-electron chi connectivity index (χ2n) is 6.63. The topological polar surface area (TPSA) is 155 Å². The summed E-state index contributed by atoms with van der Waals surface area (Å²) in [5.41, 5.74) is 0.691. The summed E-state index contributed by atoms with van der Waals surface area (Å²) in [6, 6.07) is 7.96. The van der Waals surface area contributed by atoms with Crippen molar-refractivity contribution in [2.45, 2.75) is 23.1 Å². The Morgan fingerprint density at radius 3 is 2.55 bits per heavy atom. The van der Waals surface area contributed by atoms with Crippen LogP contribution in [-0.4, -0.2) is 33.3 Å². The maximum absolute atomic E-state index is 12.7. The molecule has 0 bridgehead atoms. The Balaban J connectivity index is 1.74. The van der Waals surface area contributed by atoms with Crippen LogP contribution in [0.25, 0.3) is 0 Å². The van der Waals surface area contributed by atoms with Crippen molar-refractivity contribution in [1.29, 1.82) is 0 Å². The van der Waals surface area contributed by atoms with Crippen LogP contribution in [0.15, 0.2) is 51.0 Å². The molecule has 0 atom stereocenters. The highest BCUT2D eigenvalue weighted by molar-refractivity contribution is 8.01. The first-order chi connectivity index (χ1) is 15.7. The highest BCUT2D eigenvalue weighted by atomic mass is 32.2. The number of thiazole rings is 1. The second-order valence-corrected chi connectivity index (χ2v) is 8.77. The Bertz CT molecular complexity index is 1260. The molecule has 1 heterocycles. The number of ether oxygens (including phenoxy) is 1. The van der Waals surface area contributed by atoms with E-state index in [9.17, 15) is 29.8 Å². The Kier molecular flexibility index (Phi) is 7.35. The third-order valence-electron chi connectivity index (χ3n) is 4.30. The molecule has 0 spiro atoms. The van der Waals surface area contributed by atoms with Gasteiger partial charge >= 0.3 is 5.97 Å². The molecule has 3 aromatic rings. The fourth-order valence-corrected chi connectivity index (χ4v) is 4.60. The van der Waals surface area contributed by atoms with Crippen LogP contribution in [0.1, 0.15) is 21.6 Å². The first-order valence-electron chi connectivity index (χ1n) is 9.25. The van der Waals surface area contributed by atoms with Crippen LogP contribution in [0, 0.1) is 34.1 Å². The van der Waals surface area contributed by atoms with E-state index in [1.165, 1.54) is 48.6 Å². The summed E-state index contributed by atoms with van der Waals surface area (Å²) in [4.78, 5) is 50.6. The van der Waals surface area contributed by atoms with Crippen LogP contribution in [-0.2, 0) is 9.53 Å². The fourth-order valence-electron chi connectivity index (χ4n) is 2.71. The lowest BCUT2D eigenvalue weighted by Gasteiger charge is -2.10. The third-order valence-corrected chi connectivity index (χ3v) is 6.43.